The number of hydrogen-bond acceptors (Lipinski definition) is 3. The van der Waals surface area contributed by atoms with Crippen LogP contribution in [0.4, 0.5) is 0 Å². The summed E-state index contributed by atoms with van der Waals surface area (Å²) in [5, 5.41) is 3.21. The number of quaternary nitrogens is 1. The summed E-state index contributed by atoms with van der Waals surface area (Å²) in [7, 11) is 0.337. The summed E-state index contributed by atoms with van der Waals surface area (Å²) >= 11 is 0. The molecular formula is C12H27N2O3S+. The molecule has 18 heavy (non-hydrogen) atoms. The number of allylic oxidation sites excluding steroid dienone is 1. The molecule has 0 aromatic heterocycles. The summed E-state index contributed by atoms with van der Waals surface area (Å²) in [5.41, 5.74) is 0. The summed E-state index contributed by atoms with van der Waals surface area (Å²) in [5.74, 6) is -0.147. The Morgan fingerprint density at radius 2 is 1.83 bits per heavy atom. The highest BCUT2D eigenvalue weighted by Crippen LogP contribution is 2.02. The van der Waals surface area contributed by atoms with Crippen LogP contribution in [0.3, 0.4) is 0 Å². The van der Waals surface area contributed by atoms with Gasteiger partial charge in [0.1, 0.15) is 0 Å². The molecule has 0 aliphatic rings. The second-order valence-corrected chi connectivity index (χ2v) is 6.71. The van der Waals surface area contributed by atoms with Crippen LogP contribution in [-0.2, 0) is 10.1 Å². The van der Waals surface area contributed by atoms with Crippen LogP contribution in [-0.4, -0.2) is 56.9 Å². The fourth-order valence-electron chi connectivity index (χ4n) is 1.68. The first kappa shape index (κ1) is 17.4. The van der Waals surface area contributed by atoms with Gasteiger partial charge < -0.3 is 9.80 Å². The summed E-state index contributed by atoms with van der Waals surface area (Å²) in [4.78, 5) is 0. The molecule has 0 atom stereocenters. The van der Waals surface area contributed by atoms with Crippen LogP contribution in [0.25, 0.3) is 0 Å². The summed E-state index contributed by atoms with van der Waals surface area (Å²) in [6.07, 6.45) is 6.61. The average Bonchev–Trinajstić information content (AvgIpc) is 2.21. The molecule has 6 heteroatoms. The van der Waals surface area contributed by atoms with E-state index in [4.69, 9.17) is 4.55 Å². The van der Waals surface area contributed by atoms with E-state index in [1.54, 1.807) is 0 Å². The molecule has 0 unspecified atom stereocenters. The molecule has 0 aromatic carbocycles. The van der Waals surface area contributed by atoms with E-state index in [1.807, 2.05) is 6.20 Å². The minimum absolute atomic E-state index is 0.147. The van der Waals surface area contributed by atoms with E-state index in [-0.39, 0.29) is 5.75 Å². The van der Waals surface area contributed by atoms with Crippen LogP contribution in [0.15, 0.2) is 12.3 Å². The molecule has 0 bridgehead atoms. The van der Waals surface area contributed by atoms with E-state index >= 15 is 0 Å². The van der Waals surface area contributed by atoms with Gasteiger partial charge in [0, 0.05) is 19.4 Å². The van der Waals surface area contributed by atoms with Crippen molar-refractivity contribution in [1.82, 2.24) is 5.32 Å². The lowest BCUT2D eigenvalue weighted by Crippen LogP contribution is -2.42. The minimum atomic E-state index is -3.81. The summed E-state index contributed by atoms with van der Waals surface area (Å²) < 4.78 is 30.6. The Bertz CT molecular complexity index is 337. The van der Waals surface area contributed by atoms with Gasteiger partial charge >= 0.3 is 0 Å². The highest BCUT2D eigenvalue weighted by atomic mass is 32.2. The van der Waals surface area contributed by atoms with Crippen molar-refractivity contribution in [3.63, 3.8) is 0 Å². The van der Waals surface area contributed by atoms with Crippen molar-refractivity contribution in [3.8, 4) is 0 Å². The zero-order chi connectivity index (χ0) is 14.1. The van der Waals surface area contributed by atoms with Crippen LogP contribution < -0.4 is 5.32 Å². The van der Waals surface area contributed by atoms with Crippen molar-refractivity contribution in [2.45, 2.75) is 26.2 Å². The van der Waals surface area contributed by atoms with Gasteiger partial charge in [0.2, 0.25) is 0 Å². The molecule has 0 saturated heterocycles. The molecule has 0 rings (SSSR count). The summed E-state index contributed by atoms with van der Waals surface area (Å²) in [6, 6.07) is 0. The number of hydrogen-bond donors (Lipinski definition) is 2. The van der Waals surface area contributed by atoms with Crippen molar-refractivity contribution >= 4 is 10.1 Å². The highest BCUT2D eigenvalue weighted by Gasteiger charge is 2.15. The van der Waals surface area contributed by atoms with Crippen molar-refractivity contribution in [1.29, 1.82) is 0 Å². The van der Waals surface area contributed by atoms with E-state index < -0.39 is 10.1 Å². The normalized spacial score (nSPS) is 13.1. The number of nitrogens with one attached hydrogen (secondary N) is 1. The molecule has 0 saturated carbocycles. The SMILES string of the molecule is CCC=CNCCC[N+](C)(C)CCCS(=O)(=O)O. The minimum Gasteiger partial charge on any atom is -0.391 e. The lowest BCUT2D eigenvalue weighted by Gasteiger charge is -2.29. The Kier molecular flexibility index (Phi) is 8.22. The Balaban J connectivity index is 3.70. The fraction of sp³-hybridized carbons (Fsp3) is 0.833. The van der Waals surface area contributed by atoms with Gasteiger partial charge in [0.25, 0.3) is 10.1 Å². The second-order valence-electron chi connectivity index (χ2n) is 5.14. The van der Waals surface area contributed by atoms with Gasteiger partial charge in [-0.25, -0.2) is 0 Å². The molecule has 0 amide bonds. The van der Waals surface area contributed by atoms with Gasteiger partial charge in [-0.15, -0.1) is 0 Å². The Labute approximate surface area is 111 Å². The first-order valence-electron chi connectivity index (χ1n) is 6.42. The lowest BCUT2D eigenvalue weighted by molar-refractivity contribution is -0.890. The molecule has 0 aromatic rings. The standard InChI is InChI=1S/C12H26N2O3S/c1-4-5-8-13-9-6-10-14(2,3)11-7-12-18(15,16)17/h5,8,13H,4,6-7,9-12H2,1-3H3/p+1. The Morgan fingerprint density at radius 1 is 1.22 bits per heavy atom. The third kappa shape index (κ3) is 11.9. The van der Waals surface area contributed by atoms with Gasteiger partial charge in [-0.2, -0.15) is 8.42 Å². The second kappa shape index (κ2) is 8.50. The topological polar surface area (TPSA) is 66.4 Å². The maximum Gasteiger partial charge on any atom is 0.265 e. The van der Waals surface area contributed by atoms with Gasteiger partial charge in [0.15, 0.2) is 0 Å². The fourth-order valence-corrected chi connectivity index (χ4v) is 2.17. The van der Waals surface area contributed by atoms with Crippen molar-refractivity contribution in [3.05, 3.63) is 12.3 Å². The van der Waals surface area contributed by atoms with E-state index in [2.05, 4.69) is 32.4 Å². The molecule has 0 aliphatic heterocycles. The van der Waals surface area contributed by atoms with E-state index in [1.165, 1.54) is 0 Å². The third-order valence-electron chi connectivity index (χ3n) is 2.72. The molecule has 2 N–H and O–H groups in total. The predicted octanol–water partition coefficient (Wildman–Crippen LogP) is 1.24. The van der Waals surface area contributed by atoms with Gasteiger partial charge in [0.05, 0.1) is 32.9 Å². The largest absolute Gasteiger partial charge is 0.391 e. The maximum absolute atomic E-state index is 10.6. The van der Waals surface area contributed by atoms with Crippen molar-refractivity contribution in [2.24, 2.45) is 0 Å². The maximum atomic E-state index is 10.6. The van der Waals surface area contributed by atoms with Crippen LogP contribution in [0.1, 0.15) is 26.2 Å². The van der Waals surface area contributed by atoms with E-state index in [9.17, 15) is 8.42 Å². The highest BCUT2D eigenvalue weighted by molar-refractivity contribution is 7.85. The number of nitrogens with zero attached hydrogens (tertiary/aromatic N) is 1. The average molecular weight is 279 g/mol. The molecule has 5 nitrogen and oxygen atoms in total. The van der Waals surface area contributed by atoms with Gasteiger partial charge in [-0.3, -0.25) is 4.55 Å². The Morgan fingerprint density at radius 3 is 2.39 bits per heavy atom. The Hall–Kier alpha value is -0.590. The van der Waals surface area contributed by atoms with Crippen LogP contribution in [0, 0.1) is 0 Å². The molecule has 0 heterocycles. The van der Waals surface area contributed by atoms with Gasteiger partial charge in [-0.1, -0.05) is 13.0 Å². The number of rotatable bonds is 10. The first-order chi connectivity index (χ1) is 8.27. The summed E-state index contributed by atoms with van der Waals surface area (Å²) in [6.45, 7) is 4.76. The molecule has 0 radical (unpaired) electrons. The third-order valence-corrected chi connectivity index (χ3v) is 3.53. The smallest absolute Gasteiger partial charge is 0.265 e. The van der Waals surface area contributed by atoms with Crippen molar-refractivity contribution in [2.75, 3.05) is 39.5 Å². The lowest BCUT2D eigenvalue weighted by atomic mass is 10.3. The van der Waals surface area contributed by atoms with Crippen LogP contribution >= 0.6 is 0 Å². The zero-order valence-corrected chi connectivity index (χ0v) is 12.5. The molecule has 0 aliphatic carbocycles. The molecule has 108 valence electrons. The van der Waals surface area contributed by atoms with Crippen LogP contribution in [0.5, 0.6) is 0 Å². The first-order valence-corrected chi connectivity index (χ1v) is 8.03. The molecular weight excluding hydrogens is 252 g/mol. The predicted molar refractivity (Wildman–Crippen MR) is 74.9 cm³/mol. The monoisotopic (exact) mass is 279 g/mol. The van der Waals surface area contributed by atoms with Crippen molar-refractivity contribution < 1.29 is 17.5 Å². The molecule has 0 spiro atoms. The van der Waals surface area contributed by atoms with E-state index in [0.717, 1.165) is 37.0 Å². The van der Waals surface area contributed by atoms with Crippen LogP contribution in [0.2, 0.25) is 0 Å². The zero-order valence-electron chi connectivity index (χ0n) is 11.7. The molecule has 0 fully saturated rings. The quantitative estimate of drug-likeness (QED) is 0.359. The van der Waals surface area contributed by atoms with E-state index in [0.29, 0.717) is 6.42 Å². The van der Waals surface area contributed by atoms with Gasteiger partial charge in [-0.05, 0) is 12.6 Å².